The van der Waals surface area contributed by atoms with Crippen LogP contribution in [0.15, 0.2) is 36.4 Å². The minimum Gasteiger partial charge on any atom is -0.415 e. The van der Waals surface area contributed by atoms with Gasteiger partial charge >= 0.3 is 27.2 Å². The van der Waals surface area contributed by atoms with Crippen molar-refractivity contribution in [3.63, 3.8) is 0 Å². The van der Waals surface area contributed by atoms with Gasteiger partial charge in [-0.15, -0.1) is 0 Å². The largest absolute Gasteiger partial charge is 2.00 e. The quantitative estimate of drug-likeness (QED) is 0.222. The maximum Gasteiger partial charge on any atom is 2.00 e. The van der Waals surface area contributed by atoms with Gasteiger partial charge in [0.15, 0.2) is 0 Å². The predicted octanol–water partition coefficient (Wildman–Crippen LogP) is 6.35. The first kappa shape index (κ1) is 28.8. The van der Waals surface area contributed by atoms with Gasteiger partial charge in [-0.1, -0.05) is 76.0 Å². The van der Waals surface area contributed by atoms with Crippen LogP contribution in [-0.2, 0) is 32.7 Å². The van der Waals surface area contributed by atoms with Crippen molar-refractivity contribution in [2.75, 3.05) is 0 Å². The molecule has 0 spiro atoms. The van der Waals surface area contributed by atoms with Gasteiger partial charge in [0, 0.05) is 35.2 Å². The summed E-state index contributed by atoms with van der Waals surface area (Å²) in [6.45, 7) is 13.5. The van der Waals surface area contributed by atoms with Gasteiger partial charge < -0.3 is 19.1 Å². The van der Waals surface area contributed by atoms with Crippen LogP contribution in [0.5, 0.6) is 0 Å². The van der Waals surface area contributed by atoms with Crippen molar-refractivity contribution in [3.05, 3.63) is 83.2 Å². The number of hydrogen-bond donors (Lipinski definition) is 0. The van der Waals surface area contributed by atoms with E-state index in [-0.39, 0.29) is 32.7 Å². The molecule has 0 aliphatic carbocycles. The summed E-state index contributed by atoms with van der Waals surface area (Å²) in [6.07, 6.45) is 0.966. The molecule has 0 fully saturated rings. The number of aromatic nitrogens is 6. The van der Waals surface area contributed by atoms with Gasteiger partial charge in [-0.05, 0) is 37.8 Å². The molecule has 37 heavy (non-hydrogen) atoms. The first-order chi connectivity index (χ1) is 16.8. The minimum atomic E-state index is -4.57. The fraction of sp³-hybridized carbons (Fsp3) is 0.407. The summed E-state index contributed by atoms with van der Waals surface area (Å²) in [5.74, 6) is 0.830. The fourth-order valence-electron chi connectivity index (χ4n) is 4.40. The van der Waals surface area contributed by atoms with Crippen molar-refractivity contribution in [2.45, 2.75) is 71.9 Å². The fourth-order valence-corrected chi connectivity index (χ4v) is 4.40. The van der Waals surface area contributed by atoms with Gasteiger partial charge in [-0.25, -0.2) is 0 Å². The van der Waals surface area contributed by atoms with E-state index < -0.39 is 23.2 Å². The Balaban J connectivity index is 0.00000380. The number of alkyl halides is 3. The average Bonchev–Trinajstić information content (AvgIpc) is 3.43. The summed E-state index contributed by atoms with van der Waals surface area (Å²) in [7, 11) is 0. The summed E-state index contributed by atoms with van der Waals surface area (Å²) in [5.41, 5.74) is 1.80. The summed E-state index contributed by atoms with van der Waals surface area (Å²) in [5, 5.41) is 0. The van der Waals surface area contributed by atoms with E-state index in [4.69, 9.17) is 9.97 Å². The first-order valence-electron chi connectivity index (χ1n) is 11.8. The van der Waals surface area contributed by atoms with Gasteiger partial charge in [-0.3, -0.25) is 9.97 Å². The standard InChI is InChI=1S/C27H29F3N6.Pt/c1-16(2)23-18(5)31-14-35(23)21-12-8-10-19(33-21)26(6,7)20-11-9-13-22(34-20)36-15-32-25(27(28,29)30)24(36)17(3)4;/h8-13,16-17H,1-7H3;/q-2;+2. The third-order valence-electron chi connectivity index (χ3n) is 6.24. The van der Waals surface area contributed by atoms with E-state index in [2.05, 4.69) is 36.5 Å². The van der Waals surface area contributed by atoms with Gasteiger partial charge in [0.1, 0.15) is 0 Å². The van der Waals surface area contributed by atoms with Gasteiger partial charge in [0.2, 0.25) is 0 Å². The second-order valence-corrected chi connectivity index (χ2v) is 9.99. The molecule has 4 aromatic heterocycles. The molecule has 198 valence electrons. The van der Waals surface area contributed by atoms with E-state index in [1.54, 1.807) is 26.0 Å². The number of halogens is 3. The van der Waals surface area contributed by atoms with Crippen LogP contribution >= 0.6 is 0 Å². The summed E-state index contributed by atoms with van der Waals surface area (Å²) in [6, 6.07) is 11.0. The number of pyridine rings is 2. The van der Waals surface area contributed by atoms with Crippen LogP contribution in [-0.4, -0.2) is 29.1 Å². The van der Waals surface area contributed by atoms with Crippen LogP contribution in [0.2, 0.25) is 0 Å². The molecule has 0 aromatic carbocycles. The maximum absolute atomic E-state index is 13.6. The Kier molecular flexibility index (Phi) is 8.18. The molecule has 0 bridgehead atoms. The van der Waals surface area contributed by atoms with Gasteiger partial charge in [0.05, 0.1) is 11.6 Å². The predicted molar refractivity (Wildman–Crippen MR) is 130 cm³/mol. The normalized spacial score (nSPS) is 12.3. The van der Waals surface area contributed by atoms with Crippen LogP contribution in [0.25, 0.3) is 11.6 Å². The Morgan fingerprint density at radius 3 is 1.68 bits per heavy atom. The number of rotatable bonds is 6. The molecule has 6 nitrogen and oxygen atoms in total. The maximum atomic E-state index is 13.6. The molecule has 0 amide bonds. The van der Waals surface area contributed by atoms with E-state index in [1.807, 2.05) is 49.6 Å². The number of nitrogens with zero attached hydrogens (tertiary/aromatic N) is 6. The van der Waals surface area contributed by atoms with Crippen LogP contribution in [0.1, 0.15) is 87.5 Å². The van der Waals surface area contributed by atoms with E-state index in [1.165, 1.54) is 4.57 Å². The Morgan fingerprint density at radius 2 is 1.22 bits per heavy atom. The number of hydrogen-bond acceptors (Lipinski definition) is 4. The zero-order valence-electron chi connectivity index (χ0n) is 21.8. The molecule has 0 saturated carbocycles. The van der Waals surface area contributed by atoms with Crippen LogP contribution < -0.4 is 0 Å². The van der Waals surface area contributed by atoms with E-state index in [0.717, 1.165) is 17.1 Å². The second-order valence-electron chi connectivity index (χ2n) is 9.99. The molecule has 0 N–H and O–H groups in total. The molecule has 0 atom stereocenters. The third-order valence-corrected chi connectivity index (χ3v) is 6.24. The van der Waals surface area contributed by atoms with E-state index >= 15 is 0 Å². The Hall–Kier alpha value is -2.80. The minimum absolute atomic E-state index is 0. The van der Waals surface area contributed by atoms with Crippen molar-refractivity contribution in [3.8, 4) is 11.6 Å². The molecular formula is C27H29F3N6Pt. The zero-order valence-corrected chi connectivity index (χ0v) is 24.0. The molecule has 0 saturated heterocycles. The molecule has 0 radical (unpaired) electrons. The molecule has 10 heteroatoms. The van der Waals surface area contributed by atoms with Crippen molar-refractivity contribution in [2.24, 2.45) is 0 Å². The van der Waals surface area contributed by atoms with Crippen LogP contribution in [0.3, 0.4) is 0 Å². The summed E-state index contributed by atoms with van der Waals surface area (Å²) < 4.78 is 43.8. The van der Waals surface area contributed by atoms with Gasteiger partial charge in [-0.2, -0.15) is 13.2 Å². The first-order valence-corrected chi connectivity index (χ1v) is 11.8. The molecule has 0 aliphatic heterocycles. The molecule has 0 aliphatic rings. The van der Waals surface area contributed by atoms with E-state index in [0.29, 0.717) is 17.3 Å². The smallest absolute Gasteiger partial charge is 0.415 e. The Bertz CT molecular complexity index is 1390. The molecular weight excluding hydrogens is 660 g/mol. The second kappa shape index (κ2) is 10.5. The summed E-state index contributed by atoms with van der Waals surface area (Å²) in [4.78, 5) is 17.5. The molecule has 4 aromatic rings. The summed E-state index contributed by atoms with van der Waals surface area (Å²) >= 11 is 0. The van der Waals surface area contributed by atoms with Crippen molar-refractivity contribution >= 4 is 0 Å². The zero-order chi connectivity index (χ0) is 26.4. The van der Waals surface area contributed by atoms with Crippen molar-refractivity contribution in [1.29, 1.82) is 0 Å². The van der Waals surface area contributed by atoms with Crippen molar-refractivity contribution in [1.82, 2.24) is 29.1 Å². The van der Waals surface area contributed by atoms with Crippen molar-refractivity contribution < 1.29 is 34.2 Å². The van der Waals surface area contributed by atoms with Gasteiger partial charge in [0.25, 0.3) is 0 Å². The average molecular weight is 690 g/mol. The number of imidazole rings is 2. The topological polar surface area (TPSA) is 61.4 Å². The number of aryl methyl sites for hydroxylation is 1. The van der Waals surface area contributed by atoms with Crippen LogP contribution in [0, 0.1) is 19.6 Å². The SMILES string of the molecule is Cc1n[c-]n(-c2cccc(C(C)(C)c3cccc(-n4[c-]nc(C(F)(F)F)c4C(C)C)n3)n2)c1C(C)C.[Pt+2]. The molecule has 4 rings (SSSR count). The molecule has 4 heterocycles. The molecule has 0 unspecified atom stereocenters. The van der Waals surface area contributed by atoms with Crippen LogP contribution in [0.4, 0.5) is 13.2 Å². The Labute approximate surface area is 229 Å². The third kappa shape index (κ3) is 5.42. The Morgan fingerprint density at radius 1 is 0.757 bits per heavy atom. The monoisotopic (exact) mass is 689 g/mol. The van der Waals surface area contributed by atoms with E-state index in [9.17, 15) is 13.2 Å².